The van der Waals surface area contributed by atoms with E-state index < -0.39 is 14.0 Å². The molecule has 0 rings (SSSR count). The summed E-state index contributed by atoms with van der Waals surface area (Å²) in [6, 6.07) is 4.04. The van der Waals surface area contributed by atoms with Gasteiger partial charge in [-0.3, -0.25) is 4.79 Å². The number of quaternary nitrogens is 1. The lowest BCUT2D eigenvalue weighted by atomic mass is 10.3. The molecule has 0 saturated carbocycles. The highest BCUT2D eigenvalue weighted by atomic mass is 79.9. The fourth-order valence-corrected chi connectivity index (χ4v) is 6.88. The van der Waals surface area contributed by atoms with Crippen molar-refractivity contribution in [1.29, 1.82) is 0 Å². The van der Waals surface area contributed by atoms with E-state index in [1.807, 2.05) is 0 Å². The monoisotopic (exact) mass is 339 g/mol. The van der Waals surface area contributed by atoms with Crippen LogP contribution in [-0.2, 0) is 4.79 Å². The predicted molar refractivity (Wildman–Crippen MR) is 75.9 cm³/mol. The third-order valence-corrected chi connectivity index (χ3v) is 10.2. The van der Waals surface area contributed by atoms with Gasteiger partial charge in [-0.15, -0.1) is 0 Å². The van der Waals surface area contributed by atoms with Crippen LogP contribution in [0.5, 0.6) is 0 Å². The Morgan fingerprint density at radius 1 is 1.11 bits per heavy atom. The highest BCUT2D eigenvalue weighted by Gasteiger charge is 2.34. The molecule has 0 radical (unpaired) electrons. The van der Waals surface area contributed by atoms with Gasteiger partial charge in [-0.05, 0) is 0 Å². The second-order valence-electron chi connectivity index (χ2n) is 5.88. The molecule has 110 valence electrons. The van der Waals surface area contributed by atoms with Crippen molar-refractivity contribution in [2.75, 3.05) is 26.8 Å². The number of carboxylic acid groups (broad SMARTS) is 1. The lowest BCUT2D eigenvalue weighted by Crippen LogP contribution is -3.00. The van der Waals surface area contributed by atoms with Crippen molar-refractivity contribution in [3.8, 4) is 0 Å². The fourth-order valence-electron chi connectivity index (χ4n) is 2.73. The van der Waals surface area contributed by atoms with Crippen LogP contribution < -0.4 is 17.0 Å². The van der Waals surface area contributed by atoms with Crippen LogP contribution in [0.1, 0.15) is 33.6 Å². The molecule has 0 fully saturated rings. The van der Waals surface area contributed by atoms with Crippen LogP contribution in [0.25, 0.3) is 0 Å². The zero-order valence-electron chi connectivity index (χ0n) is 12.6. The van der Waals surface area contributed by atoms with E-state index in [1.165, 1.54) is 24.3 Å². The van der Waals surface area contributed by atoms with E-state index in [4.69, 9.17) is 5.11 Å². The normalized spacial score (nSPS) is 12.1. The molecule has 3 nitrogen and oxygen atoms in total. The van der Waals surface area contributed by atoms with Gasteiger partial charge in [0.15, 0.2) is 0 Å². The maximum Gasteiger partial charge on any atom is 0.303 e. The predicted octanol–water partition coefficient (Wildman–Crippen LogP) is -0.0207. The SMILES string of the molecule is CC[Si](CC)(CC)C[N+](C)(C)CCCC(=O)O.[Br-]. The minimum absolute atomic E-state index is 0. The van der Waals surface area contributed by atoms with Crippen LogP contribution in [0.4, 0.5) is 0 Å². The lowest BCUT2D eigenvalue weighted by molar-refractivity contribution is -0.880. The van der Waals surface area contributed by atoms with Gasteiger partial charge in [0.25, 0.3) is 0 Å². The smallest absolute Gasteiger partial charge is 0.303 e. The van der Waals surface area contributed by atoms with E-state index in [9.17, 15) is 4.79 Å². The van der Waals surface area contributed by atoms with E-state index in [-0.39, 0.29) is 17.0 Å². The summed E-state index contributed by atoms with van der Waals surface area (Å²) < 4.78 is 0.995. The Kier molecular flexibility index (Phi) is 10.3. The summed E-state index contributed by atoms with van der Waals surface area (Å²) in [6.45, 7) is 7.98. The summed E-state index contributed by atoms with van der Waals surface area (Å²) in [5, 5.41) is 8.68. The number of carboxylic acids is 1. The Morgan fingerprint density at radius 2 is 1.56 bits per heavy atom. The van der Waals surface area contributed by atoms with Gasteiger partial charge >= 0.3 is 5.97 Å². The minimum Gasteiger partial charge on any atom is -1.00 e. The molecule has 0 spiro atoms. The minimum atomic E-state index is -1.11. The van der Waals surface area contributed by atoms with Gasteiger partial charge in [0.05, 0.1) is 33.2 Å². The first-order valence-electron chi connectivity index (χ1n) is 6.84. The van der Waals surface area contributed by atoms with E-state index in [0.29, 0.717) is 6.42 Å². The quantitative estimate of drug-likeness (QED) is 0.473. The summed E-state index contributed by atoms with van der Waals surface area (Å²) in [5.41, 5.74) is 0. The van der Waals surface area contributed by atoms with E-state index >= 15 is 0 Å². The molecule has 0 saturated heterocycles. The van der Waals surface area contributed by atoms with Crippen LogP contribution in [0.3, 0.4) is 0 Å². The Hall–Kier alpha value is 0.127. The summed E-state index contributed by atoms with van der Waals surface area (Å²) >= 11 is 0. The molecule has 18 heavy (non-hydrogen) atoms. The summed E-state index contributed by atoms with van der Waals surface area (Å²) in [4.78, 5) is 10.5. The van der Waals surface area contributed by atoms with Crippen LogP contribution >= 0.6 is 0 Å². The second-order valence-corrected chi connectivity index (χ2v) is 11.3. The highest BCUT2D eigenvalue weighted by Crippen LogP contribution is 2.23. The van der Waals surface area contributed by atoms with Crippen LogP contribution in [0.2, 0.25) is 18.1 Å². The molecule has 0 amide bonds. The number of halogens is 1. The molecule has 0 atom stereocenters. The molecule has 0 bridgehead atoms. The van der Waals surface area contributed by atoms with Crippen molar-refractivity contribution in [3.63, 3.8) is 0 Å². The maximum atomic E-state index is 10.5. The van der Waals surface area contributed by atoms with Crippen molar-refractivity contribution in [2.45, 2.75) is 51.7 Å². The highest BCUT2D eigenvalue weighted by molar-refractivity contribution is 6.79. The molecule has 5 heteroatoms. The third-order valence-electron chi connectivity index (χ3n) is 4.17. The first kappa shape index (κ1) is 20.4. The van der Waals surface area contributed by atoms with Crippen molar-refractivity contribution in [3.05, 3.63) is 0 Å². The summed E-state index contributed by atoms with van der Waals surface area (Å²) in [6.07, 6.45) is 2.39. The van der Waals surface area contributed by atoms with Crippen LogP contribution in [-0.4, -0.2) is 50.4 Å². The molecule has 0 aliphatic heterocycles. The van der Waals surface area contributed by atoms with Gasteiger partial charge in [0.1, 0.15) is 8.07 Å². The van der Waals surface area contributed by atoms with Gasteiger partial charge in [-0.1, -0.05) is 38.9 Å². The second kappa shape index (κ2) is 9.10. The average molecular weight is 340 g/mol. The largest absolute Gasteiger partial charge is 1.00 e. The van der Waals surface area contributed by atoms with Crippen molar-refractivity contribution in [1.82, 2.24) is 0 Å². The number of aliphatic carboxylic acids is 1. The number of carbonyl (C=O) groups is 1. The van der Waals surface area contributed by atoms with E-state index in [0.717, 1.165) is 17.4 Å². The van der Waals surface area contributed by atoms with Gasteiger partial charge in [-0.2, -0.15) is 0 Å². The average Bonchev–Trinajstić information content (AvgIpc) is 2.25. The molecule has 0 unspecified atom stereocenters. The van der Waals surface area contributed by atoms with E-state index in [1.54, 1.807) is 0 Å². The topological polar surface area (TPSA) is 37.3 Å². The number of rotatable bonds is 9. The Morgan fingerprint density at radius 3 is 1.89 bits per heavy atom. The van der Waals surface area contributed by atoms with Gasteiger partial charge in [-0.25, -0.2) is 0 Å². The summed E-state index contributed by atoms with van der Waals surface area (Å²) in [7, 11) is 3.40. The van der Waals surface area contributed by atoms with Crippen molar-refractivity contribution >= 4 is 14.0 Å². The fraction of sp³-hybridized carbons (Fsp3) is 0.923. The third kappa shape index (κ3) is 7.54. The van der Waals surface area contributed by atoms with Crippen molar-refractivity contribution in [2.24, 2.45) is 0 Å². The van der Waals surface area contributed by atoms with Gasteiger partial charge in [0, 0.05) is 6.42 Å². The number of nitrogens with zero attached hydrogens (tertiary/aromatic N) is 1. The molecule has 0 aliphatic carbocycles. The standard InChI is InChI=1S/C13H29NO2Si.BrH/c1-6-17(7-2,8-3)12-14(4,5)11-9-10-13(15)16;/h6-12H2,1-5H3;1H. The molecule has 0 aliphatic rings. The number of hydrogen-bond donors (Lipinski definition) is 1. The molecule has 0 heterocycles. The lowest BCUT2D eigenvalue weighted by Gasteiger charge is -2.39. The first-order chi connectivity index (χ1) is 7.81. The van der Waals surface area contributed by atoms with Crippen LogP contribution in [0, 0.1) is 0 Å². The van der Waals surface area contributed by atoms with Gasteiger partial charge < -0.3 is 26.6 Å². The molecule has 0 aromatic rings. The maximum absolute atomic E-state index is 10.5. The number of hydrogen-bond acceptors (Lipinski definition) is 1. The molecule has 0 aromatic heterocycles. The van der Waals surface area contributed by atoms with E-state index in [2.05, 4.69) is 34.9 Å². The zero-order valence-corrected chi connectivity index (χ0v) is 15.2. The Labute approximate surface area is 124 Å². The Bertz CT molecular complexity index is 235. The van der Waals surface area contributed by atoms with Gasteiger partial charge in [0.2, 0.25) is 0 Å². The first-order valence-corrected chi connectivity index (χ1v) is 9.67. The molecular formula is C13H30BrNO2Si. The molecule has 1 N–H and O–H groups in total. The van der Waals surface area contributed by atoms with Crippen LogP contribution in [0.15, 0.2) is 0 Å². The molecule has 0 aromatic carbocycles. The molecular weight excluding hydrogens is 310 g/mol. The van der Waals surface area contributed by atoms with Crippen molar-refractivity contribution < 1.29 is 31.4 Å². The Balaban J connectivity index is 0. The zero-order chi connectivity index (χ0) is 13.5. The summed E-state index contributed by atoms with van der Waals surface area (Å²) in [5.74, 6) is -0.671.